The Hall–Kier alpha value is -3.10. The molecule has 0 radical (unpaired) electrons. The Morgan fingerprint density at radius 1 is 1.40 bits per heavy atom. The molecule has 8 nitrogen and oxygen atoms in total. The van der Waals surface area contributed by atoms with Gasteiger partial charge in [0.05, 0.1) is 11.0 Å². The molecule has 0 aliphatic heterocycles. The Kier molecular flexibility index (Phi) is 3.25. The first-order valence-corrected chi connectivity index (χ1v) is 5.18. The van der Waals surface area contributed by atoms with Crippen LogP contribution in [-0.2, 0) is 0 Å². The third-order valence-corrected chi connectivity index (χ3v) is 2.40. The molecule has 20 heavy (non-hydrogen) atoms. The molecule has 1 aromatic heterocycles. The third kappa shape index (κ3) is 2.36. The molecule has 2 rings (SSSR count). The van der Waals surface area contributed by atoms with Gasteiger partial charge in [0.15, 0.2) is 5.82 Å². The van der Waals surface area contributed by atoms with Crippen LogP contribution in [0.3, 0.4) is 0 Å². The van der Waals surface area contributed by atoms with Gasteiger partial charge in [0.2, 0.25) is 11.1 Å². The fourth-order valence-corrected chi connectivity index (χ4v) is 1.49. The van der Waals surface area contributed by atoms with Crippen molar-refractivity contribution in [2.24, 2.45) is 0 Å². The lowest BCUT2D eigenvalue weighted by Gasteiger charge is -2.06. The minimum atomic E-state index is -1.55. The number of carbonyl (C=O) groups is 1. The molecule has 0 amide bonds. The molecule has 1 heterocycles. The van der Waals surface area contributed by atoms with Crippen molar-refractivity contribution in [2.45, 2.75) is 0 Å². The summed E-state index contributed by atoms with van der Waals surface area (Å²) >= 11 is 0. The van der Waals surface area contributed by atoms with Gasteiger partial charge in [-0.15, -0.1) is 0 Å². The number of halogens is 1. The molecule has 0 spiro atoms. The normalized spacial score (nSPS) is 10.2. The second-order valence-corrected chi connectivity index (χ2v) is 3.67. The number of hydrogen-bond acceptors (Lipinski definition) is 5. The number of nitro groups is 1. The van der Waals surface area contributed by atoms with Crippen LogP contribution in [0, 0.1) is 15.9 Å². The number of carboxylic acids is 1. The summed E-state index contributed by atoms with van der Waals surface area (Å²) in [6.07, 6.45) is 1.07. The van der Waals surface area contributed by atoms with Crippen LogP contribution in [0.4, 0.5) is 10.1 Å². The Bertz CT molecular complexity index is 771. The highest BCUT2D eigenvalue weighted by atomic mass is 19.1. The first-order valence-electron chi connectivity index (χ1n) is 5.18. The standard InChI is InChI=1S/C11H6FN3O5/c12-7-5-6(15(19)20)1-2-8(7)14-4-3-9(16)10(13-14)11(17)18/h1-5H,(H,17,18). The Morgan fingerprint density at radius 2 is 2.10 bits per heavy atom. The predicted octanol–water partition coefficient (Wildman–Crippen LogP) is 0.978. The maximum atomic E-state index is 13.7. The first kappa shape index (κ1) is 13.3. The van der Waals surface area contributed by atoms with Crippen molar-refractivity contribution in [1.29, 1.82) is 0 Å². The topological polar surface area (TPSA) is 115 Å². The number of non-ortho nitro benzene ring substituents is 1. The van der Waals surface area contributed by atoms with Gasteiger partial charge >= 0.3 is 5.97 Å². The second kappa shape index (κ2) is 4.88. The number of hydrogen-bond donors (Lipinski definition) is 1. The highest BCUT2D eigenvalue weighted by Crippen LogP contribution is 2.18. The van der Waals surface area contributed by atoms with Crippen LogP contribution in [0.1, 0.15) is 10.5 Å². The van der Waals surface area contributed by atoms with Crippen molar-refractivity contribution < 1.29 is 19.2 Å². The van der Waals surface area contributed by atoms with E-state index >= 15 is 0 Å². The fraction of sp³-hybridized carbons (Fsp3) is 0. The van der Waals surface area contributed by atoms with Crippen LogP contribution in [-0.4, -0.2) is 25.8 Å². The maximum absolute atomic E-state index is 13.7. The molecule has 2 aromatic rings. The number of benzene rings is 1. The van der Waals surface area contributed by atoms with Gasteiger partial charge in [0.1, 0.15) is 5.69 Å². The molecule has 0 aliphatic rings. The van der Waals surface area contributed by atoms with Crippen molar-refractivity contribution in [3.8, 4) is 5.69 Å². The summed E-state index contributed by atoms with van der Waals surface area (Å²) in [5, 5.41) is 22.7. The molecule has 0 fully saturated rings. The Morgan fingerprint density at radius 3 is 2.65 bits per heavy atom. The van der Waals surface area contributed by atoms with Gasteiger partial charge in [-0.2, -0.15) is 5.10 Å². The summed E-state index contributed by atoms with van der Waals surface area (Å²) in [6.45, 7) is 0. The van der Waals surface area contributed by atoms with Crippen LogP contribution >= 0.6 is 0 Å². The van der Waals surface area contributed by atoms with Crippen molar-refractivity contribution in [1.82, 2.24) is 9.78 Å². The predicted molar refractivity (Wildman–Crippen MR) is 63.4 cm³/mol. The molecule has 0 bridgehead atoms. The number of carboxylic acid groups (broad SMARTS) is 1. The average Bonchev–Trinajstić information content (AvgIpc) is 2.39. The van der Waals surface area contributed by atoms with Gasteiger partial charge in [-0.25, -0.2) is 13.9 Å². The minimum absolute atomic E-state index is 0.210. The van der Waals surface area contributed by atoms with E-state index in [2.05, 4.69) is 5.10 Å². The Labute approximate surface area is 109 Å². The molecule has 9 heteroatoms. The summed E-state index contributed by atoms with van der Waals surface area (Å²) in [6, 6.07) is 3.70. The number of nitrogens with zero attached hydrogens (tertiary/aromatic N) is 3. The van der Waals surface area contributed by atoms with E-state index in [9.17, 15) is 24.1 Å². The van der Waals surface area contributed by atoms with Gasteiger partial charge in [-0.3, -0.25) is 14.9 Å². The van der Waals surface area contributed by atoms with E-state index in [0.29, 0.717) is 6.07 Å². The van der Waals surface area contributed by atoms with Gasteiger partial charge in [-0.1, -0.05) is 0 Å². The highest BCUT2D eigenvalue weighted by Gasteiger charge is 2.15. The van der Waals surface area contributed by atoms with E-state index in [1.165, 1.54) is 0 Å². The monoisotopic (exact) mass is 279 g/mol. The number of aromatic carboxylic acids is 1. The number of aromatic nitrogens is 2. The SMILES string of the molecule is O=C(O)c1nn(-c2ccc([N+](=O)[O-])cc2F)ccc1=O. The van der Waals surface area contributed by atoms with Crippen LogP contribution in [0.5, 0.6) is 0 Å². The average molecular weight is 279 g/mol. The summed E-state index contributed by atoms with van der Waals surface area (Å²) in [4.78, 5) is 31.7. The maximum Gasteiger partial charge on any atom is 0.360 e. The summed E-state index contributed by atoms with van der Waals surface area (Å²) in [7, 11) is 0. The molecule has 0 atom stereocenters. The minimum Gasteiger partial charge on any atom is -0.476 e. The van der Waals surface area contributed by atoms with Crippen molar-refractivity contribution in [3.05, 3.63) is 62.3 Å². The van der Waals surface area contributed by atoms with Crippen LogP contribution in [0.25, 0.3) is 5.69 Å². The van der Waals surface area contributed by atoms with Gasteiger partial charge in [0.25, 0.3) is 5.69 Å². The zero-order valence-corrected chi connectivity index (χ0v) is 9.69. The molecule has 1 N–H and O–H groups in total. The van der Waals surface area contributed by atoms with E-state index in [4.69, 9.17) is 5.11 Å². The molecule has 0 saturated carbocycles. The van der Waals surface area contributed by atoms with Crippen LogP contribution in [0.15, 0.2) is 35.3 Å². The molecule has 1 aromatic carbocycles. The van der Waals surface area contributed by atoms with Crippen LogP contribution in [0.2, 0.25) is 0 Å². The van der Waals surface area contributed by atoms with Gasteiger partial charge in [0, 0.05) is 18.3 Å². The van der Waals surface area contributed by atoms with Crippen molar-refractivity contribution >= 4 is 11.7 Å². The molecular formula is C11H6FN3O5. The zero-order valence-electron chi connectivity index (χ0n) is 9.69. The van der Waals surface area contributed by atoms with Crippen molar-refractivity contribution in [2.75, 3.05) is 0 Å². The summed E-state index contributed by atoms with van der Waals surface area (Å²) in [5.74, 6) is -2.52. The molecule has 0 saturated heterocycles. The Balaban J connectivity index is 2.57. The molecular weight excluding hydrogens is 273 g/mol. The smallest absolute Gasteiger partial charge is 0.360 e. The third-order valence-electron chi connectivity index (χ3n) is 2.40. The lowest BCUT2D eigenvalue weighted by atomic mass is 10.2. The largest absolute Gasteiger partial charge is 0.476 e. The van der Waals surface area contributed by atoms with Gasteiger partial charge in [-0.05, 0) is 6.07 Å². The first-order chi connectivity index (χ1) is 9.40. The highest BCUT2D eigenvalue weighted by molar-refractivity contribution is 5.84. The van der Waals surface area contributed by atoms with E-state index in [0.717, 1.165) is 29.1 Å². The van der Waals surface area contributed by atoms with Crippen LogP contribution < -0.4 is 5.43 Å². The quantitative estimate of drug-likeness (QED) is 0.661. The summed E-state index contributed by atoms with van der Waals surface area (Å²) in [5.41, 5.74) is -2.26. The molecule has 0 unspecified atom stereocenters. The molecule has 102 valence electrons. The number of nitro benzene ring substituents is 1. The van der Waals surface area contributed by atoms with E-state index in [1.54, 1.807) is 0 Å². The summed E-state index contributed by atoms with van der Waals surface area (Å²) < 4.78 is 14.6. The van der Waals surface area contributed by atoms with E-state index < -0.39 is 33.5 Å². The number of rotatable bonds is 3. The zero-order chi connectivity index (χ0) is 14.9. The van der Waals surface area contributed by atoms with E-state index in [-0.39, 0.29) is 5.69 Å². The van der Waals surface area contributed by atoms with Crippen molar-refractivity contribution in [3.63, 3.8) is 0 Å². The lowest BCUT2D eigenvalue weighted by molar-refractivity contribution is -0.385. The van der Waals surface area contributed by atoms with E-state index in [1.807, 2.05) is 0 Å². The lowest BCUT2D eigenvalue weighted by Crippen LogP contribution is -2.20. The molecule has 0 aliphatic carbocycles. The van der Waals surface area contributed by atoms with Gasteiger partial charge < -0.3 is 5.11 Å². The second-order valence-electron chi connectivity index (χ2n) is 3.67. The fourth-order valence-electron chi connectivity index (χ4n) is 1.49.